The van der Waals surface area contributed by atoms with Crippen LogP contribution in [0.3, 0.4) is 0 Å². The number of carbonyl (C=O) groups excluding carboxylic acids is 2. The van der Waals surface area contributed by atoms with Crippen LogP contribution in [0.25, 0.3) is 0 Å². The van der Waals surface area contributed by atoms with Gasteiger partial charge in [0.2, 0.25) is 0 Å². The minimum atomic E-state index is -0.751. The fourth-order valence-electron chi connectivity index (χ4n) is 2.89. The van der Waals surface area contributed by atoms with Gasteiger partial charge in [0.25, 0.3) is 11.8 Å². The highest BCUT2D eigenvalue weighted by molar-refractivity contribution is 7.85. The number of hydrogen-bond donors (Lipinski definition) is 2. The van der Waals surface area contributed by atoms with E-state index in [0.717, 1.165) is 18.4 Å². The highest BCUT2D eigenvalue weighted by atomic mass is 32.2. The zero-order valence-corrected chi connectivity index (χ0v) is 15.5. The third kappa shape index (κ3) is 4.58. The molecule has 0 bridgehead atoms. The Morgan fingerprint density at radius 3 is 2.35 bits per heavy atom. The predicted molar refractivity (Wildman–Crippen MR) is 104 cm³/mol. The van der Waals surface area contributed by atoms with E-state index < -0.39 is 10.8 Å². The molecule has 5 nitrogen and oxygen atoms in total. The number of amides is 2. The van der Waals surface area contributed by atoms with Crippen molar-refractivity contribution in [2.24, 2.45) is 0 Å². The Hall–Kier alpha value is -2.47. The first-order valence-corrected chi connectivity index (χ1v) is 10.1. The summed E-state index contributed by atoms with van der Waals surface area (Å²) in [6.45, 7) is 1.89. The quantitative estimate of drug-likeness (QED) is 0.869. The van der Waals surface area contributed by atoms with E-state index in [1.165, 1.54) is 0 Å². The summed E-state index contributed by atoms with van der Waals surface area (Å²) < 4.78 is 11.4. The van der Waals surface area contributed by atoms with Crippen molar-refractivity contribution in [2.45, 2.75) is 25.8 Å². The first kappa shape index (κ1) is 18.3. The molecule has 1 saturated heterocycles. The molecule has 2 amide bonds. The maximum Gasteiger partial charge on any atom is 0.255 e. The fraction of sp³-hybridized carbons (Fsp3) is 0.300. The van der Waals surface area contributed by atoms with Crippen LogP contribution in [0.15, 0.2) is 48.5 Å². The molecule has 1 aliphatic rings. The highest BCUT2D eigenvalue weighted by Crippen LogP contribution is 2.19. The van der Waals surface area contributed by atoms with Crippen molar-refractivity contribution in [1.29, 1.82) is 0 Å². The lowest BCUT2D eigenvalue weighted by molar-refractivity contribution is 0.0933. The minimum absolute atomic E-state index is 0.0591. The third-order valence-corrected chi connectivity index (χ3v) is 5.89. The van der Waals surface area contributed by atoms with Gasteiger partial charge in [0.05, 0.1) is 0 Å². The van der Waals surface area contributed by atoms with E-state index in [4.69, 9.17) is 0 Å². The van der Waals surface area contributed by atoms with Crippen LogP contribution in [-0.4, -0.2) is 33.6 Å². The van der Waals surface area contributed by atoms with Crippen LogP contribution in [-0.2, 0) is 10.8 Å². The molecule has 6 heteroatoms. The van der Waals surface area contributed by atoms with E-state index in [0.29, 0.717) is 28.3 Å². The van der Waals surface area contributed by atoms with E-state index in [2.05, 4.69) is 10.6 Å². The number of aryl methyl sites for hydroxylation is 1. The number of benzene rings is 2. The topological polar surface area (TPSA) is 75.3 Å². The Balaban J connectivity index is 1.69. The summed E-state index contributed by atoms with van der Waals surface area (Å²) in [7, 11) is -0.751. The number of rotatable bonds is 4. The molecule has 0 atom stereocenters. The Morgan fingerprint density at radius 1 is 0.962 bits per heavy atom. The second-order valence-corrected chi connectivity index (χ2v) is 8.14. The molecule has 1 fully saturated rings. The van der Waals surface area contributed by atoms with Crippen molar-refractivity contribution in [3.8, 4) is 0 Å². The molecule has 0 aromatic heterocycles. The van der Waals surface area contributed by atoms with Gasteiger partial charge in [-0.15, -0.1) is 0 Å². The molecular formula is C20H22N2O3S. The maximum atomic E-state index is 12.5. The van der Waals surface area contributed by atoms with Gasteiger partial charge in [0, 0.05) is 45.2 Å². The molecular weight excluding hydrogens is 348 g/mol. The average molecular weight is 370 g/mol. The standard InChI is InChI=1S/C20H22N2O3S/c1-14-7-8-16(20(24)21-17-9-11-26(25)12-10-17)13-18(14)22-19(23)15-5-3-2-4-6-15/h2-8,13,17H,9-12H2,1H3,(H,21,24)(H,22,23). The molecule has 136 valence electrons. The smallest absolute Gasteiger partial charge is 0.255 e. The summed E-state index contributed by atoms with van der Waals surface area (Å²) in [6.07, 6.45) is 1.48. The van der Waals surface area contributed by atoms with Gasteiger partial charge in [-0.05, 0) is 49.6 Å². The Labute approximate surface area is 155 Å². The molecule has 1 heterocycles. The van der Waals surface area contributed by atoms with Crippen LogP contribution < -0.4 is 10.6 Å². The molecule has 2 aromatic carbocycles. The molecule has 0 radical (unpaired) electrons. The summed E-state index contributed by atoms with van der Waals surface area (Å²) in [4.78, 5) is 24.9. The van der Waals surface area contributed by atoms with Gasteiger partial charge in [-0.2, -0.15) is 0 Å². The summed E-state index contributed by atoms with van der Waals surface area (Å²) >= 11 is 0. The first-order chi connectivity index (χ1) is 12.5. The number of carbonyl (C=O) groups is 2. The third-order valence-electron chi connectivity index (χ3n) is 4.51. The normalized spacial score (nSPS) is 19.6. The molecule has 26 heavy (non-hydrogen) atoms. The molecule has 0 aliphatic carbocycles. The maximum absolute atomic E-state index is 12.5. The van der Waals surface area contributed by atoms with Crippen LogP contribution in [0.4, 0.5) is 5.69 Å². The molecule has 2 N–H and O–H groups in total. The minimum Gasteiger partial charge on any atom is -0.349 e. The van der Waals surface area contributed by atoms with Crippen molar-refractivity contribution in [2.75, 3.05) is 16.8 Å². The second-order valence-electron chi connectivity index (χ2n) is 6.45. The van der Waals surface area contributed by atoms with Gasteiger partial charge in [-0.25, -0.2) is 0 Å². The summed E-state index contributed by atoms with van der Waals surface area (Å²) in [5.74, 6) is 0.896. The van der Waals surface area contributed by atoms with Crippen LogP contribution in [0.1, 0.15) is 39.1 Å². The van der Waals surface area contributed by atoms with E-state index in [9.17, 15) is 13.8 Å². The predicted octanol–water partition coefficient (Wildman–Crippen LogP) is 2.89. The number of nitrogens with one attached hydrogen (secondary N) is 2. The SMILES string of the molecule is Cc1ccc(C(=O)NC2CCS(=O)CC2)cc1NC(=O)c1ccccc1. The molecule has 1 aliphatic heterocycles. The summed E-state index contributed by atoms with van der Waals surface area (Å²) in [5.41, 5.74) is 2.58. The molecule has 2 aromatic rings. The van der Waals surface area contributed by atoms with Crippen molar-refractivity contribution < 1.29 is 13.8 Å². The lowest BCUT2D eigenvalue weighted by atomic mass is 10.1. The lowest BCUT2D eigenvalue weighted by Gasteiger charge is -2.22. The van der Waals surface area contributed by atoms with Gasteiger partial charge in [-0.1, -0.05) is 24.3 Å². The fourth-order valence-corrected chi connectivity index (χ4v) is 4.19. The summed E-state index contributed by atoms with van der Waals surface area (Å²) in [6, 6.07) is 14.3. The van der Waals surface area contributed by atoms with Crippen molar-refractivity contribution in [1.82, 2.24) is 5.32 Å². The van der Waals surface area contributed by atoms with Gasteiger partial charge >= 0.3 is 0 Å². The number of hydrogen-bond acceptors (Lipinski definition) is 3. The van der Waals surface area contributed by atoms with E-state index >= 15 is 0 Å². The van der Waals surface area contributed by atoms with Crippen molar-refractivity contribution in [3.63, 3.8) is 0 Å². The lowest BCUT2D eigenvalue weighted by Crippen LogP contribution is -2.39. The van der Waals surface area contributed by atoms with Crippen LogP contribution in [0.5, 0.6) is 0 Å². The monoisotopic (exact) mass is 370 g/mol. The zero-order valence-electron chi connectivity index (χ0n) is 14.7. The second kappa shape index (κ2) is 8.27. The molecule has 0 spiro atoms. The van der Waals surface area contributed by atoms with Crippen LogP contribution >= 0.6 is 0 Å². The first-order valence-electron chi connectivity index (χ1n) is 8.66. The van der Waals surface area contributed by atoms with E-state index in [1.54, 1.807) is 24.3 Å². The Kier molecular flexibility index (Phi) is 5.83. The van der Waals surface area contributed by atoms with Gasteiger partial charge < -0.3 is 10.6 Å². The highest BCUT2D eigenvalue weighted by Gasteiger charge is 2.20. The molecule has 0 unspecified atom stereocenters. The van der Waals surface area contributed by atoms with Gasteiger partial charge in [0.15, 0.2) is 0 Å². The summed E-state index contributed by atoms with van der Waals surface area (Å²) in [5, 5.41) is 5.87. The average Bonchev–Trinajstić information content (AvgIpc) is 2.66. The number of anilines is 1. The van der Waals surface area contributed by atoms with Crippen LogP contribution in [0.2, 0.25) is 0 Å². The van der Waals surface area contributed by atoms with Crippen LogP contribution in [0, 0.1) is 6.92 Å². The molecule has 0 saturated carbocycles. The molecule has 3 rings (SSSR count). The Morgan fingerprint density at radius 2 is 1.65 bits per heavy atom. The van der Waals surface area contributed by atoms with Gasteiger partial charge in [0.1, 0.15) is 0 Å². The van der Waals surface area contributed by atoms with E-state index in [1.807, 2.05) is 31.2 Å². The largest absolute Gasteiger partial charge is 0.349 e. The van der Waals surface area contributed by atoms with E-state index in [-0.39, 0.29) is 17.9 Å². The van der Waals surface area contributed by atoms with Gasteiger partial charge in [-0.3, -0.25) is 13.8 Å². The zero-order chi connectivity index (χ0) is 18.5. The Bertz CT molecular complexity index is 826. The van der Waals surface area contributed by atoms with Crippen molar-refractivity contribution in [3.05, 3.63) is 65.2 Å². The van der Waals surface area contributed by atoms with Crippen molar-refractivity contribution >= 4 is 28.3 Å².